The highest BCUT2D eigenvalue weighted by Crippen LogP contribution is 2.42. The third-order valence-corrected chi connectivity index (χ3v) is 6.00. The number of rotatable bonds is 4. The highest BCUT2D eigenvalue weighted by atomic mass is 16.5. The summed E-state index contributed by atoms with van der Waals surface area (Å²) in [6.07, 6.45) is 3.82. The molecule has 2 aromatic carbocycles. The van der Waals surface area contributed by atoms with Gasteiger partial charge in [-0.05, 0) is 55.3 Å². The highest BCUT2D eigenvalue weighted by Gasteiger charge is 2.30. The summed E-state index contributed by atoms with van der Waals surface area (Å²) in [5, 5.41) is 0. The fourth-order valence-electron chi connectivity index (χ4n) is 4.54. The maximum Gasteiger partial charge on any atom is 0.0594 e. The zero-order chi connectivity index (χ0) is 17.1. The van der Waals surface area contributed by atoms with Crippen LogP contribution in [0.15, 0.2) is 48.5 Å². The number of aryl methyl sites for hydroxylation is 2. The predicted octanol–water partition coefficient (Wildman–Crippen LogP) is 4.41. The Morgan fingerprint density at radius 2 is 1.76 bits per heavy atom. The lowest BCUT2D eigenvalue weighted by Crippen LogP contribution is -2.38. The van der Waals surface area contributed by atoms with E-state index in [1.165, 1.54) is 36.9 Å². The fourth-order valence-corrected chi connectivity index (χ4v) is 4.54. The van der Waals surface area contributed by atoms with Crippen molar-refractivity contribution < 1.29 is 4.74 Å². The van der Waals surface area contributed by atoms with Crippen molar-refractivity contribution in [2.75, 3.05) is 32.8 Å². The van der Waals surface area contributed by atoms with Crippen molar-refractivity contribution in [1.82, 2.24) is 4.90 Å². The molecule has 1 heterocycles. The van der Waals surface area contributed by atoms with Gasteiger partial charge in [-0.1, -0.05) is 54.1 Å². The van der Waals surface area contributed by atoms with Crippen molar-refractivity contribution >= 4 is 0 Å². The van der Waals surface area contributed by atoms with E-state index in [0.717, 1.165) is 32.2 Å². The smallest absolute Gasteiger partial charge is 0.0594 e. The molecule has 0 amide bonds. The molecule has 0 spiro atoms. The topological polar surface area (TPSA) is 12.5 Å². The van der Waals surface area contributed by atoms with Crippen LogP contribution in [0, 0.1) is 12.8 Å². The monoisotopic (exact) mass is 335 g/mol. The van der Waals surface area contributed by atoms with E-state index in [2.05, 4.69) is 60.4 Å². The first kappa shape index (κ1) is 16.8. The third kappa shape index (κ3) is 3.80. The average Bonchev–Trinajstić information content (AvgIpc) is 2.67. The number of morpholine rings is 1. The second-order valence-electron chi connectivity index (χ2n) is 7.63. The number of fused-ring (bicyclic) bond motifs is 1. The van der Waals surface area contributed by atoms with Crippen LogP contribution >= 0.6 is 0 Å². The highest BCUT2D eigenvalue weighted by molar-refractivity contribution is 5.41. The number of ether oxygens (including phenoxy) is 1. The van der Waals surface area contributed by atoms with Crippen molar-refractivity contribution in [2.45, 2.75) is 32.1 Å². The summed E-state index contributed by atoms with van der Waals surface area (Å²) >= 11 is 0. The molecule has 2 atom stereocenters. The van der Waals surface area contributed by atoms with Crippen LogP contribution in [0.5, 0.6) is 0 Å². The number of benzene rings is 2. The molecule has 4 rings (SSSR count). The lowest BCUT2D eigenvalue weighted by atomic mass is 9.70. The molecule has 1 saturated heterocycles. The van der Waals surface area contributed by atoms with Crippen molar-refractivity contribution in [1.29, 1.82) is 0 Å². The quantitative estimate of drug-likeness (QED) is 0.820. The standard InChI is InChI=1S/C23H29NO/c1-18-6-8-20(9-7-18)23-21(12-13-24-14-16-25-17-15-24)11-10-19-4-2-3-5-22(19)23/h2-9,21,23H,10-17H2,1H3. The molecule has 0 radical (unpaired) electrons. The molecule has 2 aromatic rings. The van der Waals surface area contributed by atoms with Gasteiger partial charge < -0.3 is 4.74 Å². The molecule has 0 aromatic heterocycles. The van der Waals surface area contributed by atoms with Gasteiger partial charge in [-0.15, -0.1) is 0 Å². The lowest BCUT2D eigenvalue weighted by Gasteiger charge is -2.36. The van der Waals surface area contributed by atoms with Gasteiger partial charge in [0.25, 0.3) is 0 Å². The minimum atomic E-state index is 0.548. The van der Waals surface area contributed by atoms with Crippen LogP contribution in [0.4, 0.5) is 0 Å². The van der Waals surface area contributed by atoms with E-state index in [4.69, 9.17) is 4.74 Å². The number of nitrogens with zero attached hydrogens (tertiary/aromatic N) is 1. The molecule has 1 aliphatic carbocycles. The Labute approximate surface area is 151 Å². The van der Waals surface area contributed by atoms with Crippen LogP contribution in [0.2, 0.25) is 0 Å². The van der Waals surface area contributed by atoms with E-state index in [-0.39, 0.29) is 0 Å². The summed E-state index contributed by atoms with van der Waals surface area (Å²) < 4.78 is 5.50. The summed E-state index contributed by atoms with van der Waals surface area (Å²) in [5.41, 5.74) is 5.95. The van der Waals surface area contributed by atoms with Gasteiger partial charge in [0.1, 0.15) is 0 Å². The van der Waals surface area contributed by atoms with Crippen LogP contribution in [0.25, 0.3) is 0 Å². The van der Waals surface area contributed by atoms with Crippen molar-refractivity contribution in [3.8, 4) is 0 Å². The van der Waals surface area contributed by atoms with Gasteiger partial charge in [-0.2, -0.15) is 0 Å². The molecule has 0 bridgehead atoms. The summed E-state index contributed by atoms with van der Waals surface area (Å²) in [4.78, 5) is 2.58. The van der Waals surface area contributed by atoms with Crippen LogP contribution < -0.4 is 0 Å². The van der Waals surface area contributed by atoms with E-state index in [1.54, 1.807) is 11.1 Å². The average molecular weight is 335 g/mol. The molecular formula is C23H29NO. The summed E-state index contributed by atoms with van der Waals surface area (Å²) in [5.74, 6) is 1.28. The molecule has 1 aliphatic heterocycles. The normalized spacial score (nSPS) is 24.0. The Bertz CT molecular complexity index is 687. The molecule has 25 heavy (non-hydrogen) atoms. The van der Waals surface area contributed by atoms with Crippen LogP contribution in [0.1, 0.15) is 41.0 Å². The number of hydrogen-bond acceptors (Lipinski definition) is 2. The minimum Gasteiger partial charge on any atom is -0.379 e. The van der Waals surface area contributed by atoms with E-state index < -0.39 is 0 Å². The van der Waals surface area contributed by atoms with Crippen molar-refractivity contribution in [3.63, 3.8) is 0 Å². The third-order valence-electron chi connectivity index (χ3n) is 6.00. The first-order valence-corrected chi connectivity index (χ1v) is 9.76. The maximum atomic E-state index is 5.50. The first-order chi connectivity index (χ1) is 12.3. The van der Waals surface area contributed by atoms with Crippen LogP contribution in [-0.4, -0.2) is 37.7 Å². The number of hydrogen-bond donors (Lipinski definition) is 0. The molecule has 1 fully saturated rings. The Balaban J connectivity index is 1.57. The largest absolute Gasteiger partial charge is 0.379 e. The van der Waals surface area contributed by atoms with Crippen LogP contribution in [-0.2, 0) is 11.2 Å². The lowest BCUT2D eigenvalue weighted by molar-refractivity contribution is 0.0347. The maximum absolute atomic E-state index is 5.50. The Morgan fingerprint density at radius 1 is 1.00 bits per heavy atom. The first-order valence-electron chi connectivity index (χ1n) is 9.76. The molecule has 0 saturated carbocycles. The van der Waals surface area contributed by atoms with Gasteiger partial charge in [-0.25, -0.2) is 0 Å². The second-order valence-corrected chi connectivity index (χ2v) is 7.63. The summed E-state index contributed by atoms with van der Waals surface area (Å²) in [7, 11) is 0. The van der Waals surface area contributed by atoms with Gasteiger partial charge >= 0.3 is 0 Å². The van der Waals surface area contributed by atoms with Crippen LogP contribution in [0.3, 0.4) is 0 Å². The van der Waals surface area contributed by atoms with Gasteiger partial charge in [0.15, 0.2) is 0 Å². The predicted molar refractivity (Wildman–Crippen MR) is 103 cm³/mol. The molecule has 2 heteroatoms. The zero-order valence-corrected chi connectivity index (χ0v) is 15.3. The van der Waals surface area contributed by atoms with Gasteiger partial charge in [0.05, 0.1) is 13.2 Å². The van der Waals surface area contributed by atoms with E-state index in [0.29, 0.717) is 5.92 Å². The van der Waals surface area contributed by atoms with Gasteiger partial charge in [0, 0.05) is 19.0 Å². The molecule has 132 valence electrons. The molecule has 2 unspecified atom stereocenters. The Hall–Kier alpha value is -1.64. The Morgan fingerprint density at radius 3 is 2.56 bits per heavy atom. The molecular weight excluding hydrogens is 306 g/mol. The molecule has 0 N–H and O–H groups in total. The summed E-state index contributed by atoms with van der Waals surface area (Å²) in [6.45, 7) is 7.37. The fraction of sp³-hybridized carbons (Fsp3) is 0.478. The van der Waals surface area contributed by atoms with Gasteiger partial charge in [0.2, 0.25) is 0 Å². The summed E-state index contributed by atoms with van der Waals surface area (Å²) in [6, 6.07) is 18.3. The van der Waals surface area contributed by atoms with E-state index in [9.17, 15) is 0 Å². The second kappa shape index (κ2) is 7.72. The molecule has 2 nitrogen and oxygen atoms in total. The zero-order valence-electron chi connectivity index (χ0n) is 15.3. The van der Waals surface area contributed by atoms with Crippen molar-refractivity contribution in [3.05, 3.63) is 70.8 Å². The molecule has 2 aliphatic rings. The Kier molecular flexibility index (Phi) is 5.19. The van der Waals surface area contributed by atoms with E-state index >= 15 is 0 Å². The minimum absolute atomic E-state index is 0.548. The van der Waals surface area contributed by atoms with Gasteiger partial charge in [-0.3, -0.25) is 4.90 Å². The van der Waals surface area contributed by atoms with E-state index in [1.807, 2.05) is 0 Å². The van der Waals surface area contributed by atoms with Crippen molar-refractivity contribution in [2.24, 2.45) is 5.92 Å². The SMILES string of the molecule is Cc1ccc(C2c3ccccc3CCC2CCN2CCOCC2)cc1.